The molecule has 27 heavy (non-hydrogen) atoms. The highest BCUT2D eigenvalue weighted by Gasteiger charge is 2.31. The number of nitrogens with one attached hydrogen (secondary N) is 1. The Bertz CT molecular complexity index is 1110. The molecule has 1 atom stereocenters. The van der Waals surface area contributed by atoms with Gasteiger partial charge in [0, 0.05) is 17.5 Å². The molecule has 1 amide bonds. The first-order chi connectivity index (χ1) is 13.2. The normalized spacial score (nSPS) is 17.7. The monoisotopic (exact) mass is 359 g/mol. The van der Waals surface area contributed by atoms with E-state index in [2.05, 4.69) is 4.98 Å². The summed E-state index contributed by atoms with van der Waals surface area (Å²) in [5, 5.41) is 0.968. The first-order valence-corrected chi connectivity index (χ1v) is 9.45. The molecule has 5 nitrogen and oxygen atoms in total. The Morgan fingerprint density at radius 1 is 1.19 bits per heavy atom. The Hall–Kier alpha value is -3.08. The smallest absolute Gasteiger partial charge is 0.254 e. The first kappa shape index (κ1) is 16.1. The number of likely N-dealkylation sites (tertiary alicyclic amines) is 1. The van der Waals surface area contributed by atoms with Gasteiger partial charge >= 0.3 is 0 Å². The Balaban J connectivity index is 1.50. The predicted octanol–water partition coefficient (Wildman–Crippen LogP) is 4.98. The number of aromatic amines is 1. The minimum atomic E-state index is -0.0135. The maximum Gasteiger partial charge on any atom is 0.254 e. The number of carbonyl (C=O) groups is 1. The lowest BCUT2D eigenvalue weighted by molar-refractivity contribution is 0.0601. The molecule has 1 saturated heterocycles. The molecule has 0 radical (unpaired) electrons. The van der Waals surface area contributed by atoms with Crippen LogP contribution in [-0.2, 0) is 0 Å². The SMILES string of the molecule is Cc1cc2cc(C(=O)N3CCCCC3c3nc4ccccc4[nH]3)ccc2o1. The molecule has 1 unspecified atom stereocenters. The Labute approximate surface area is 157 Å². The third kappa shape index (κ3) is 2.79. The van der Waals surface area contributed by atoms with Gasteiger partial charge in [0.05, 0.1) is 17.1 Å². The predicted molar refractivity (Wildman–Crippen MR) is 105 cm³/mol. The average Bonchev–Trinajstić information content (AvgIpc) is 3.29. The van der Waals surface area contributed by atoms with E-state index >= 15 is 0 Å². The van der Waals surface area contributed by atoms with Crippen molar-refractivity contribution < 1.29 is 9.21 Å². The molecule has 0 bridgehead atoms. The maximum atomic E-state index is 13.3. The zero-order chi connectivity index (χ0) is 18.4. The van der Waals surface area contributed by atoms with Gasteiger partial charge < -0.3 is 14.3 Å². The second-order valence-corrected chi connectivity index (χ2v) is 7.26. The lowest BCUT2D eigenvalue weighted by atomic mass is 10.00. The van der Waals surface area contributed by atoms with Crippen LogP contribution < -0.4 is 0 Å². The van der Waals surface area contributed by atoms with Crippen molar-refractivity contribution in [2.24, 2.45) is 0 Å². The molecule has 2 aromatic heterocycles. The van der Waals surface area contributed by atoms with Gasteiger partial charge in [0.25, 0.3) is 5.91 Å². The summed E-state index contributed by atoms with van der Waals surface area (Å²) in [7, 11) is 0. The van der Waals surface area contributed by atoms with Gasteiger partial charge in [-0.3, -0.25) is 4.79 Å². The number of hydrogen-bond donors (Lipinski definition) is 1. The van der Waals surface area contributed by atoms with Crippen LogP contribution >= 0.6 is 0 Å². The number of hydrogen-bond acceptors (Lipinski definition) is 3. The standard InChI is InChI=1S/C22H21N3O2/c1-14-12-16-13-15(9-10-20(16)27-14)22(26)25-11-5-4-8-19(25)21-23-17-6-2-3-7-18(17)24-21/h2-3,6-7,9-10,12-13,19H,4-5,8,11H2,1H3,(H,23,24). The third-order valence-electron chi connectivity index (χ3n) is 5.37. The van der Waals surface area contributed by atoms with Crippen LogP contribution in [0, 0.1) is 6.92 Å². The molecular formula is C22H21N3O2. The van der Waals surface area contributed by atoms with Gasteiger partial charge in [-0.25, -0.2) is 4.98 Å². The van der Waals surface area contributed by atoms with Crippen LogP contribution in [0.4, 0.5) is 0 Å². The van der Waals surface area contributed by atoms with Crippen molar-refractivity contribution in [2.75, 3.05) is 6.54 Å². The van der Waals surface area contributed by atoms with Crippen LogP contribution in [0.2, 0.25) is 0 Å². The van der Waals surface area contributed by atoms with Crippen molar-refractivity contribution in [1.29, 1.82) is 0 Å². The molecule has 1 N–H and O–H groups in total. The summed E-state index contributed by atoms with van der Waals surface area (Å²) in [6.45, 7) is 2.67. The quantitative estimate of drug-likeness (QED) is 0.549. The molecule has 3 heterocycles. The second kappa shape index (κ2) is 6.27. The largest absolute Gasteiger partial charge is 0.461 e. The minimum absolute atomic E-state index is 0.0135. The summed E-state index contributed by atoms with van der Waals surface area (Å²) in [5.41, 5.74) is 3.48. The number of H-pyrrole nitrogens is 1. The first-order valence-electron chi connectivity index (χ1n) is 9.45. The van der Waals surface area contributed by atoms with Gasteiger partial charge in [-0.2, -0.15) is 0 Å². The van der Waals surface area contributed by atoms with Crippen molar-refractivity contribution in [3.8, 4) is 0 Å². The number of amides is 1. The summed E-state index contributed by atoms with van der Waals surface area (Å²) < 4.78 is 5.63. The average molecular weight is 359 g/mol. The minimum Gasteiger partial charge on any atom is -0.461 e. The lowest BCUT2D eigenvalue weighted by Gasteiger charge is -2.34. The summed E-state index contributed by atoms with van der Waals surface area (Å²) in [6, 6.07) is 15.6. The molecule has 2 aromatic carbocycles. The molecule has 1 aliphatic rings. The van der Waals surface area contributed by atoms with Crippen LogP contribution in [0.5, 0.6) is 0 Å². The molecule has 5 heteroatoms. The highest BCUT2D eigenvalue weighted by atomic mass is 16.3. The molecular weight excluding hydrogens is 338 g/mol. The molecule has 5 rings (SSSR count). The lowest BCUT2D eigenvalue weighted by Crippen LogP contribution is -2.39. The molecule has 1 aliphatic heterocycles. The number of aryl methyl sites for hydroxylation is 1. The summed E-state index contributed by atoms with van der Waals surface area (Å²) in [5.74, 6) is 1.79. The molecule has 0 spiro atoms. The molecule has 0 aliphatic carbocycles. The zero-order valence-electron chi connectivity index (χ0n) is 15.2. The van der Waals surface area contributed by atoms with Gasteiger partial charge in [-0.05, 0) is 62.6 Å². The van der Waals surface area contributed by atoms with Crippen molar-refractivity contribution in [3.05, 3.63) is 65.7 Å². The fourth-order valence-electron chi connectivity index (χ4n) is 4.06. The Morgan fingerprint density at radius 2 is 2.07 bits per heavy atom. The summed E-state index contributed by atoms with van der Waals surface area (Å²) >= 11 is 0. The van der Waals surface area contributed by atoms with Crippen LogP contribution in [-0.4, -0.2) is 27.3 Å². The number of piperidine rings is 1. The zero-order valence-corrected chi connectivity index (χ0v) is 15.2. The van der Waals surface area contributed by atoms with Gasteiger partial charge in [0.2, 0.25) is 0 Å². The number of fused-ring (bicyclic) bond motifs is 2. The third-order valence-corrected chi connectivity index (χ3v) is 5.37. The van der Waals surface area contributed by atoms with Gasteiger partial charge in [0.15, 0.2) is 0 Å². The Morgan fingerprint density at radius 3 is 2.96 bits per heavy atom. The number of imidazole rings is 1. The number of para-hydroxylation sites is 2. The summed E-state index contributed by atoms with van der Waals surface area (Å²) in [6.07, 6.45) is 3.06. The van der Waals surface area contributed by atoms with Crippen molar-refractivity contribution in [2.45, 2.75) is 32.2 Å². The highest BCUT2D eigenvalue weighted by molar-refractivity contribution is 5.98. The van der Waals surface area contributed by atoms with Crippen LogP contribution in [0.15, 0.2) is 52.9 Å². The molecule has 4 aromatic rings. The number of aromatic nitrogens is 2. The molecule has 1 fully saturated rings. The maximum absolute atomic E-state index is 13.3. The van der Waals surface area contributed by atoms with Crippen LogP contribution in [0.25, 0.3) is 22.0 Å². The second-order valence-electron chi connectivity index (χ2n) is 7.26. The van der Waals surface area contributed by atoms with E-state index in [4.69, 9.17) is 9.40 Å². The van der Waals surface area contributed by atoms with Gasteiger partial charge in [-0.1, -0.05) is 12.1 Å². The van der Waals surface area contributed by atoms with Crippen molar-refractivity contribution in [1.82, 2.24) is 14.9 Å². The van der Waals surface area contributed by atoms with Crippen molar-refractivity contribution >= 4 is 27.9 Å². The van der Waals surface area contributed by atoms with E-state index < -0.39 is 0 Å². The van der Waals surface area contributed by atoms with Crippen LogP contribution in [0.1, 0.15) is 47.2 Å². The molecule has 136 valence electrons. The van der Waals surface area contributed by atoms with E-state index in [-0.39, 0.29) is 11.9 Å². The fourth-order valence-corrected chi connectivity index (χ4v) is 4.06. The number of rotatable bonds is 2. The van der Waals surface area contributed by atoms with E-state index in [0.717, 1.165) is 59.4 Å². The van der Waals surface area contributed by atoms with E-state index in [1.807, 2.05) is 60.4 Å². The van der Waals surface area contributed by atoms with E-state index in [9.17, 15) is 4.79 Å². The number of furan rings is 1. The topological polar surface area (TPSA) is 62.1 Å². The van der Waals surface area contributed by atoms with Gasteiger partial charge in [-0.15, -0.1) is 0 Å². The van der Waals surface area contributed by atoms with E-state index in [1.165, 1.54) is 0 Å². The van der Waals surface area contributed by atoms with Crippen LogP contribution in [0.3, 0.4) is 0 Å². The van der Waals surface area contributed by atoms with E-state index in [0.29, 0.717) is 5.56 Å². The van der Waals surface area contributed by atoms with E-state index in [1.54, 1.807) is 0 Å². The fraction of sp³-hybridized carbons (Fsp3) is 0.273. The molecule has 0 saturated carbocycles. The van der Waals surface area contributed by atoms with Crippen molar-refractivity contribution in [3.63, 3.8) is 0 Å². The number of carbonyl (C=O) groups excluding carboxylic acids is 1. The summed E-state index contributed by atoms with van der Waals surface area (Å²) in [4.78, 5) is 23.4. The van der Waals surface area contributed by atoms with Gasteiger partial charge in [0.1, 0.15) is 17.2 Å². The number of benzene rings is 2. The Kier molecular flexibility index (Phi) is 3.74. The number of nitrogens with zero attached hydrogens (tertiary/aromatic N) is 2. The highest BCUT2D eigenvalue weighted by Crippen LogP contribution is 2.32.